The minimum Gasteiger partial charge on any atom is -0.497 e. The summed E-state index contributed by atoms with van der Waals surface area (Å²) in [5, 5.41) is 3.56. The topological polar surface area (TPSA) is 58.6 Å². The first-order valence-electron chi connectivity index (χ1n) is 8.98. The largest absolute Gasteiger partial charge is 0.497 e. The molecule has 1 aliphatic heterocycles. The minimum atomic E-state index is -0.108. The van der Waals surface area contributed by atoms with Crippen LogP contribution in [0.15, 0.2) is 42.5 Å². The molecule has 0 aromatic heterocycles. The highest BCUT2D eigenvalue weighted by Crippen LogP contribution is 2.24. The van der Waals surface area contributed by atoms with Crippen LogP contribution in [0.4, 0.5) is 5.69 Å². The van der Waals surface area contributed by atoms with Crippen molar-refractivity contribution in [3.05, 3.63) is 58.6 Å². The lowest BCUT2D eigenvalue weighted by Gasteiger charge is -2.31. The third-order valence-corrected chi connectivity index (χ3v) is 5.18. The Balaban J connectivity index is 1.56. The number of hydrogen-bond acceptors (Lipinski definition) is 3. The molecule has 1 aliphatic rings. The second-order valence-electron chi connectivity index (χ2n) is 6.74. The van der Waals surface area contributed by atoms with Crippen LogP contribution in [0, 0.1) is 12.8 Å². The van der Waals surface area contributed by atoms with Gasteiger partial charge in [-0.25, -0.2) is 0 Å². The van der Waals surface area contributed by atoms with E-state index in [2.05, 4.69) is 5.32 Å². The maximum Gasteiger partial charge on any atom is 0.253 e. The molecule has 2 aromatic carbocycles. The average molecular weight is 387 g/mol. The van der Waals surface area contributed by atoms with Gasteiger partial charge in [0, 0.05) is 35.3 Å². The van der Waals surface area contributed by atoms with E-state index in [1.807, 2.05) is 13.0 Å². The molecule has 1 heterocycles. The third kappa shape index (κ3) is 4.61. The van der Waals surface area contributed by atoms with Crippen LogP contribution >= 0.6 is 11.6 Å². The van der Waals surface area contributed by atoms with Crippen molar-refractivity contribution in [2.45, 2.75) is 19.8 Å². The smallest absolute Gasteiger partial charge is 0.253 e. The zero-order valence-corrected chi connectivity index (χ0v) is 16.3. The number of aryl methyl sites for hydroxylation is 1. The number of nitrogens with zero attached hydrogens (tertiary/aromatic N) is 1. The van der Waals surface area contributed by atoms with E-state index >= 15 is 0 Å². The number of benzene rings is 2. The lowest BCUT2D eigenvalue weighted by atomic mass is 9.95. The Morgan fingerprint density at radius 1 is 1.11 bits per heavy atom. The van der Waals surface area contributed by atoms with Crippen molar-refractivity contribution < 1.29 is 14.3 Å². The van der Waals surface area contributed by atoms with Gasteiger partial charge in [-0.1, -0.05) is 17.7 Å². The number of likely N-dealkylation sites (tertiary alicyclic amines) is 1. The van der Waals surface area contributed by atoms with E-state index in [9.17, 15) is 9.59 Å². The van der Waals surface area contributed by atoms with Crippen molar-refractivity contribution in [1.29, 1.82) is 0 Å². The summed E-state index contributed by atoms with van der Waals surface area (Å²) in [6.07, 6.45) is 1.29. The fourth-order valence-corrected chi connectivity index (χ4v) is 3.40. The van der Waals surface area contributed by atoms with Gasteiger partial charge in [0.05, 0.1) is 7.11 Å². The van der Waals surface area contributed by atoms with Gasteiger partial charge in [0.2, 0.25) is 5.91 Å². The first-order valence-corrected chi connectivity index (χ1v) is 9.36. The second kappa shape index (κ2) is 8.44. The van der Waals surface area contributed by atoms with E-state index in [0.29, 0.717) is 36.5 Å². The fourth-order valence-electron chi connectivity index (χ4n) is 3.22. The quantitative estimate of drug-likeness (QED) is 0.858. The Labute approximate surface area is 164 Å². The number of halogens is 1. The summed E-state index contributed by atoms with van der Waals surface area (Å²) in [5.74, 6) is 0.584. The standard InChI is InChI=1S/C21H23ClN2O3/c1-14-3-6-17(22)13-19(14)23-20(25)15-9-11-24(12-10-15)21(26)16-4-7-18(27-2)8-5-16/h3-8,13,15H,9-12H2,1-2H3,(H,23,25). The monoisotopic (exact) mass is 386 g/mol. The van der Waals surface area contributed by atoms with Crippen molar-refractivity contribution in [3.63, 3.8) is 0 Å². The number of nitrogens with one attached hydrogen (secondary N) is 1. The number of amides is 2. The van der Waals surface area contributed by atoms with Crippen molar-refractivity contribution in [2.75, 3.05) is 25.5 Å². The molecule has 27 heavy (non-hydrogen) atoms. The lowest BCUT2D eigenvalue weighted by molar-refractivity contribution is -0.121. The van der Waals surface area contributed by atoms with Crippen LogP contribution in [0.1, 0.15) is 28.8 Å². The zero-order valence-electron chi connectivity index (χ0n) is 15.5. The van der Waals surface area contributed by atoms with Gasteiger partial charge in [0.15, 0.2) is 0 Å². The predicted molar refractivity (Wildman–Crippen MR) is 106 cm³/mol. The molecule has 0 bridgehead atoms. The van der Waals surface area contributed by atoms with Crippen LogP contribution in [0.25, 0.3) is 0 Å². The molecule has 0 spiro atoms. The SMILES string of the molecule is COc1ccc(C(=O)N2CCC(C(=O)Nc3cc(Cl)ccc3C)CC2)cc1. The number of carbonyl (C=O) groups is 2. The summed E-state index contributed by atoms with van der Waals surface area (Å²) < 4.78 is 5.12. The Bertz CT molecular complexity index is 828. The van der Waals surface area contributed by atoms with Crippen molar-refractivity contribution in [1.82, 2.24) is 4.90 Å². The molecule has 0 radical (unpaired) electrons. The van der Waals surface area contributed by atoms with Gasteiger partial charge in [-0.2, -0.15) is 0 Å². The molecule has 1 N–H and O–H groups in total. The Morgan fingerprint density at radius 2 is 1.78 bits per heavy atom. The summed E-state index contributed by atoms with van der Waals surface area (Å²) >= 11 is 6.01. The highest BCUT2D eigenvalue weighted by molar-refractivity contribution is 6.31. The van der Waals surface area contributed by atoms with Crippen LogP contribution in [0.2, 0.25) is 5.02 Å². The molecule has 5 nitrogen and oxygen atoms in total. The summed E-state index contributed by atoms with van der Waals surface area (Å²) in [6.45, 7) is 3.07. The first-order chi connectivity index (χ1) is 13.0. The predicted octanol–water partition coefficient (Wildman–Crippen LogP) is 4.15. The normalized spacial score (nSPS) is 14.7. The summed E-state index contributed by atoms with van der Waals surface area (Å²) in [4.78, 5) is 27.0. The maximum atomic E-state index is 12.6. The minimum absolute atomic E-state index is 0.0119. The fraction of sp³-hybridized carbons (Fsp3) is 0.333. The van der Waals surface area contributed by atoms with Gasteiger partial charge in [-0.05, 0) is 61.7 Å². The van der Waals surface area contributed by atoms with Gasteiger partial charge >= 0.3 is 0 Å². The van der Waals surface area contributed by atoms with E-state index in [4.69, 9.17) is 16.3 Å². The number of rotatable bonds is 4. The molecule has 3 rings (SSSR count). The van der Waals surface area contributed by atoms with E-state index in [1.165, 1.54) is 0 Å². The van der Waals surface area contributed by atoms with Crippen LogP contribution in [-0.4, -0.2) is 36.9 Å². The highest BCUT2D eigenvalue weighted by atomic mass is 35.5. The number of hydrogen-bond donors (Lipinski definition) is 1. The van der Waals surface area contributed by atoms with Crippen LogP contribution in [0.5, 0.6) is 5.75 Å². The van der Waals surface area contributed by atoms with Gasteiger partial charge in [-0.3, -0.25) is 9.59 Å². The average Bonchev–Trinajstić information content (AvgIpc) is 2.70. The van der Waals surface area contributed by atoms with Gasteiger partial charge in [-0.15, -0.1) is 0 Å². The maximum absolute atomic E-state index is 12.6. The van der Waals surface area contributed by atoms with Crippen molar-refractivity contribution in [2.24, 2.45) is 5.92 Å². The Hall–Kier alpha value is -2.53. The molecule has 0 aliphatic carbocycles. The molecule has 0 atom stereocenters. The zero-order chi connectivity index (χ0) is 19.4. The van der Waals surface area contributed by atoms with Crippen molar-refractivity contribution in [3.8, 4) is 5.75 Å². The van der Waals surface area contributed by atoms with Crippen LogP contribution in [-0.2, 0) is 4.79 Å². The van der Waals surface area contributed by atoms with Crippen molar-refractivity contribution >= 4 is 29.1 Å². The molecule has 0 unspecified atom stereocenters. The molecule has 1 saturated heterocycles. The molecule has 142 valence electrons. The Morgan fingerprint density at radius 3 is 2.41 bits per heavy atom. The summed E-state index contributed by atoms with van der Waals surface area (Å²) in [5.41, 5.74) is 2.34. The summed E-state index contributed by atoms with van der Waals surface area (Å²) in [7, 11) is 1.59. The number of anilines is 1. The number of piperidine rings is 1. The Kier molecular flexibility index (Phi) is 6.01. The number of methoxy groups -OCH3 is 1. The highest BCUT2D eigenvalue weighted by Gasteiger charge is 2.28. The van der Waals surface area contributed by atoms with Crippen LogP contribution in [0.3, 0.4) is 0 Å². The first kappa shape index (κ1) is 19.2. The van der Waals surface area contributed by atoms with E-state index in [-0.39, 0.29) is 17.7 Å². The van der Waals surface area contributed by atoms with E-state index in [0.717, 1.165) is 17.0 Å². The molecular weight excluding hydrogens is 364 g/mol. The van der Waals surface area contributed by atoms with Crippen LogP contribution < -0.4 is 10.1 Å². The molecule has 2 aromatic rings. The molecular formula is C21H23ClN2O3. The third-order valence-electron chi connectivity index (χ3n) is 4.95. The molecule has 2 amide bonds. The second-order valence-corrected chi connectivity index (χ2v) is 7.18. The molecule has 0 saturated carbocycles. The number of ether oxygens (including phenoxy) is 1. The van der Waals surface area contributed by atoms with Gasteiger partial charge in [0.1, 0.15) is 5.75 Å². The van der Waals surface area contributed by atoms with E-state index in [1.54, 1.807) is 48.4 Å². The number of carbonyl (C=O) groups excluding carboxylic acids is 2. The van der Waals surface area contributed by atoms with Gasteiger partial charge in [0.25, 0.3) is 5.91 Å². The molecule has 6 heteroatoms. The molecule has 1 fully saturated rings. The summed E-state index contributed by atoms with van der Waals surface area (Å²) in [6, 6.07) is 12.5. The van der Waals surface area contributed by atoms with E-state index < -0.39 is 0 Å². The lowest BCUT2D eigenvalue weighted by Crippen LogP contribution is -2.41. The van der Waals surface area contributed by atoms with Gasteiger partial charge < -0.3 is 15.0 Å².